The lowest BCUT2D eigenvalue weighted by Crippen LogP contribution is -2.20. The van der Waals surface area contributed by atoms with Gasteiger partial charge < -0.3 is 9.72 Å². The molecule has 1 aliphatic rings. The summed E-state index contributed by atoms with van der Waals surface area (Å²) >= 11 is 0. The highest BCUT2D eigenvalue weighted by atomic mass is 16.5. The summed E-state index contributed by atoms with van der Waals surface area (Å²) < 4.78 is 6.22. The van der Waals surface area contributed by atoms with Crippen LogP contribution in [0.3, 0.4) is 0 Å². The fourth-order valence-corrected chi connectivity index (χ4v) is 1.35. The van der Waals surface area contributed by atoms with E-state index in [1.54, 1.807) is 0 Å². The molecule has 0 spiro atoms. The van der Waals surface area contributed by atoms with Gasteiger partial charge in [0.15, 0.2) is 0 Å². The highest BCUT2D eigenvalue weighted by Crippen LogP contribution is 2.09. The molecule has 1 aliphatic heterocycles. The van der Waals surface area contributed by atoms with Crippen LogP contribution in [0.1, 0.15) is 5.69 Å². The molecule has 1 saturated heterocycles. The largest absolute Gasteiger partial charge is 0.365 e. The Balaban J connectivity index is 1.99. The third kappa shape index (κ3) is 1.38. The Morgan fingerprint density at radius 3 is 3.25 bits per heavy atom. The fourth-order valence-electron chi connectivity index (χ4n) is 1.35. The smallest absolute Gasteiger partial charge is 0.310 e. The first-order valence-corrected chi connectivity index (χ1v) is 4.04. The van der Waals surface area contributed by atoms with Crippen LogP contribution in [0.15, 0.2) is 18.3 Å². The highest BCUT2D eigenvalue weighted by Gasteiger charge is 2.32. The van der Waals surface area contributed by atoms with Gasteiger partial charge in [-0.15, -0.1) is 0 Å². The van der Waals surface area contributed by atoms with Gasteiger partial charge in [0.2, 0.25) is 6.54 Å². The third-order valence-electron chi connectivity index (χ3n) is 2.00. The van der Waals surface area contributed by atoms with Crippen LogP contribution in [-0.4, -0.2) is 29.1 Å². The second kappa shape index (κ2) is 3.06. The molecule has 4 nitrogen and oxygen atoms in total. The van der Waals surface area contributed by atoms with Crippen molar-refractivity contribution >= 4 is 0 Å². The molecule has 1 atom stereocenters. The van der Waals surface area contributed by atoms with Crippen molar-refractivity contribution in [2.45, 2.75) is 12.6 Å². The molecule has 0 aromatic carbocycles. The average molecular weight is 167 g/mol. The number of nitroso groups, excluding NO2 is 1. The number of aromatic amines is 1. The summed E-state index contributed by atoms with van der Waals surface area (Å²) in [7, 11) is 0. The number of rotatable bonds is 2. The van der Waals surface area contributed by atoms with E-state index in [0.717, 1.165) is 10.5 Å². The maximum absolute atomic E-state index is 11.1. The van der Waals surface area contributed by atoms with Crippen LogP contribution in [0.4, 0.5) is 0 Å². The molecule has 1 N–H and O–H groups in total. The van der Waals surface area contributed by atoms with Crippen molar-refractivity contribution in [2.75, 3.05) is 13.2 Å². The second-order valence-corrected chi connectivity index (χ2v) is 2.87. The van der Waals surface area contributed by atoms with Crippen LogP contribution in [0, 0.1) is 4.91 Å². The zero-order chi connectivity index (χ0) is 8.39. The van der Waals surface area contributed by atoms with Gasteiger partial charge in [0, 0.05) is 21.6 Å². The lowest BCUT2D eigenvalue weighted by Gasteiger charge is -1.98. The molecule has 12 heavy (non-hydrogen) atoms. The zero-order valence-electron chi connectivity index (χ0n) is 6.69. The Morgan fingerprint density at radius 1 is 1.75 bits per heavy atom. The van der Waals surface area contributed by atoms with Crippen LogP contribution in [-0.2, 0) is 11.2 Å². The molecule has 0 bridgehead atoms. The second-order valence-electron chi connectivity index (χ2n) is 2.87. The first-order chi connectivity index (χ1) is 5.86. The maximum atomic E-state index is 11.1. The quantitative estimate of drug-likeness (QED) is 0.659. The summed E-state index contributed by atoms with van der Waals surface area (Å²) in [6.07, 6.45) is 2.21. The molecule has 2 rings (SSSR count). The van der Waals surface area contributed by atoms with Crippen molar-refractivity contribution in [1.82, 2.24) is 4.98 Å². The predicted octanol–water partition coefficient (Wildman–Crippen LogP) is 0.692. The minimum Gasteiger partial charge on any atom is -0.365 e. The minimum absolute atomic E-state index is 0.288. The van der Waals surface area contributed by atoms with E-state index in [-0.39, 0.29) is 6.23 Å². The summed E-state index contributed by atoms with van der Waals surface area (Å²) in [4.78, 5) is 14.1. The molecule has 1 unspecified atom stereocenters. The van der Waals surface area contributed by atoms with Crippen molar-refractivity contribution in [1.29, 1.82) is 0 Å². The lowest BCUT2D eigenvalue weighted by atomic mass is 10.3. The summed E-state index contributed by atoms with van der Waals surface area (Å²) in [6.45, 7) is 1.04. The van der Waals surface area contributed by atoms with E-state index >= 15 is 0 Å². The molecule has 1 aromatic heterocycles. The van der Waals surface area contributed by atoms with Crippen LogP contribution < -0.4 is 0 Å². The van der Waals surface area contributed by atoms with Gasteiger partial charge in [0.25, 0.3) is 0 Å². The van der Waals surface area contributed by atoms with Gasteiger partial charge in [-0.25, -0.2) is 0 Å². The van der Waals surface area contributed by atoms with Gasteiger partial charge in [-0.3, -0.25) is 0 Å². The number of hydrogen-bond donors (Lipinski definition) is 1. The van der Waals surface area contributed by atoms with Gasteiger partial charge in [0.1, 0.15) is 6.61 Å². The van der Waals surface area contributed by atoms with Gasteiger partial charge in [0.05, 0.1) is 6.42 Å². The van der Waals surface area contributed by atoms with E-state index in [9.17, 15) is 4.91 Å². The standard InChI is InChI=1S/C8H11N2O2/c11-10-4-5-12-8(10)6-7-2-1-3-9-7/h1-3,8-9H,4-6H2/q+1. The van der Waals surface area contributed by atoms with E-state index in [4.69, 9.17) is 4.74 Å². The molecule has 0 saturated carbocycles. The lowest BCUT2D eigenvalue weighted by molar-refractivity contribution is -0.588. The van der Waals surface area contributed by atoms with Gasteiger partial charge in [-0.05, 0) is 12.1 Å². The van der Waals surface area contributed by atoms with Crippen molar-refractivity contribution in [2.24, 2.45) is 0 Å². The van der Waals surface area contributed by atoms with Crippen molar-refractivity contribution in [3.8, 4) is 0 Å². The zero-order valence-corrected chi connectivity index (χ0v) is 6.69. The number of H-pyrrole nitrogens is 1. The van der Waals surface area contributed by atoms with Gasteiger partial charge in [-0.2, -0.15) is 0 Å². The highest BCUT2D eigenvalue weighted by molar-refractivity contribution is 5.04. The van der Waals surface area contributed by atoms with E-state index in [2.05, 4.69) is 4.98 Å². The van der Waals surface area contributed by atoms with E-state index in [1.807, 2.05) is 18.3 Å². The Labute approximate surface area is 70.1 Å². The summed E-state index contributed by atoms with van der Waals surface area (Å²) in [6, 6.07) is 3.87. The molecular weight excluding hydrogens is 156 g/mol. The SMILES string of the molecule is O=[N+]1CCOC1Cc1ccc[nH]1. The first kappa shape index (κ1) is 7.49. The number of hydrogen-bond acceptors (Lipinski definition) is 2. The van der Waals surface area contributed by atoms with Crippen LogP contribution in [0.2, 0.25) is 0 Å². The normalized spacial score (nSPS) is 23.3. The number of nitrogens with one attached hydrogen (secondary N) is 1. The Bertz CT molecular complexity index is 269. The monoisotopic (exact) mass is 167 g/mol. The third-order valence-corrected chi connectivity index (χ3v) is 2.00. The van der Waals surface area contributed by atoms with Crippen molar-refractivity contribution in [3.05, 3.63) is 28.9 Å². The molecule has 1 fully saturated rings. The number of aromatic nitrogens is 1. The number of nitrogens with zero attached hydrogens (tertiary/aromatic N) is 1. The van der Waals surface area contributed by atoms with E-state index in [0.29, 0.717) is 19.6 Å². The van der Waals surface area contributed by atoms with Crippen LogP contribution >= 0.6 is 0 Å². The summed E-state index contributed by atoms with van der Waals surface area (Å²) in [5.41, 5.74) is 1.04. The summed E-state index contributed by atoms with van der Waals surface area (Å²) in [5, 5.41) is 0. The molecule has 2 heterocycles. The molecule has 0 radical (unpaired) electrons. The molecule has 1 aromatic rings. The van der Waals surface area contributed by atoms with Crippen molar-refractivity contribution < 1.29 is 9.50 Å². The molecule has 64 valence electrons. The molecular formula is C8H11N2O2+. The van der Waals surface area contributed by atoms with E-state index in [1.165, 1.54) is 0 Å². The van der Waals surface area contributed by atoms with Crippen molar-refractivity contribution in [3.63, 3.8) is 0 Å². The molecule has 0 amide bonds. The van der Waals surface area contributed by atoms with Gasteiger partial charge in [-0.1, -0.05) is 0 Å². The Hall–Kier alpha value is -1.16. The Morgan fingerprint density at radius 2 is 2.67 bits per heavy atom. The topological polar surface area (TPSA) is 45.1 Å². The summed E-state index contributed by atoms with van der Waals surface area (Å²) in [5.74, 6) is 0. The minimum atomic E-state index is -0.288. The Kier molecular flexibility index (Phi) is 1.91. The van der Waals surface area contributed by atoms with Gasteiger partial charge >= 0.3 is 6.23 Å². The maximum Gasteiger partial charge on any atom is 0.310 e. The van der Waals surface area contributed by atoms with E-state index < -0.39 is 0 Å². The average Bonchev–Trinajstić information content (AvgIpc) is 2.65. The predicted molar refractivity (Wildman–Crippen MR) is 42.7 cm³/mol. The first-order valence-electron chi connectivity index (χ1n) is 4.04. The molecule has 0 aliphatic carbocycles. The molecule has 4 heteroatoms. The fraction of sp³-hybridized carbons (Fsp3) is 0.500. The van der Waals surface area contributed by atoms with Crippen LogP contribution in [0.5, 0.6) is 0 Å². The van der Waals surface area contributed by atoms with Crippen LogP contribution in [0.25, 0.3) is 0 Å². The number of ether oxygens (including phenoxy) is 1.